The van der Waals surface area contributed by atoms with Crippen molar-refractivity contribution in [3.8, 4) is 0 Å². The molecule has 72 valence electrons. The van der Waals surface area contributed by atoms with Gasteiger partial charge in [-0.3, -0.25) is 0 Å². The summed E-state index contributed by atoms with van der Waals surface area (Å²) in [6.45, 7) is 8.65. The molecule has 1 nitrogen and oxygen atoms in total. The SMILES string of the molecule is C[C@H](N)c1ccc(C(C)(C)C)cc1. The molecule has 0 saturated carbocycles. The molecule has 13 heavy (non-hydrogen) atoms. The molecule has 0 aromatic heterocycles. The van der Waals surface area contributed by atoms with E-state index in [2.05, 4.69) is 45.0 Å². The van der Waals surface area contributed by atoms with Crippen molar-refractivity contribution in [3.63, 3.8) is 0 Å². The Hall–Kier alpha value is -0.820. The minimum Gasteiger partial charge on any atom is -0.324 e. The first-order valence-corrected chi connectivity index (χ1v) is 4.77. The standard InChI is InChI=1S/C12H19N/c1-9(13)10-5-7-11(8-6-10)12(2,3)4/h5-9H,13H2,1-4H3/t9-/m0/s1. The number of hydrogen-bond acceptors (Lipinski definition) is 1. The maximum atomic E-state index is 5.77. The van der Waals surface area contributed by atoms with Gasteiger partial charge < -0.3 is 5.73 Å². The van der Waals surface area contributed by atoms with Crippen LogP contribution in [0.2, 0.25) is 0 Å². The van der Waals surface area contributed by atoms with Crippen LogP contribution in [0, 0.1) is 0 Å². The summed E-state index contributed by atoms with van der Waals surface area (Å²) in [4.78, 5) is 0. The Morgan fingerprint density at radius 3 is 1.85 bits per heavy atom. The molecule has 1 aromatic carbocycles. The topological polar surface area (TPSA) is 26.0 Å². The molecule has 0 amide bonds. The van der Waals surface area contributed by atoms with E-state index in [1.807, 2.05) is 6.92 Å². The monoisotopic (exact) mass is 177 g/mol. The maximum absolute atomic E-state index is 5.77. The summed E-state index contributed by atoms with van der Waals surface area (Å²) in [5.41, 5.74) is 8.57. The predicted octanol–water partition coefficient (Wildman–Crippen LogP) is 3.00. The number of rotatable bonds is 1. The largest absolute Gasteiger partial charge is 0.324 e. The quantitative estimate of drug-likeness (QED) is 0.701. The highest BCUT2D eigenvalue weighted by molar-refractivity contribution is 5.28. The lowest BCUT2D eigenvalue weighted by Crippen LogP contribution is -2.11. The molecule has 2 N–H and O–H groups in total. The average molecular weight is 177 g/mol. The number of benzene rings is 1. The molecule has 1 aromatic rings. The van der Waals surface area contributed by atoms with Gasteiger partial charge in [0.15, 0.2) is 0 Å². The van der Waals surface area contributed by atoms with Crippen molar-refractivity contribution in [1.82, 2.24) is 0 Å². The predicted molar refractivity (Wildman–Crippen MR) is 57.7 cm³/mol. The summed E-state index contributed by atoms with van der Waals surface area (Å²) in [5, 5.41) is 0. The van der Waals surface area contributed by atoms with Gasteiger partial charge in [-0.25, -0.2) is 0 Å². The third kappa shape index (κ3) is 2.56. The normalized spacial score (nSPS) is 14.2. The van der Waals surface area contributed by atoms with Gasteiger partial charge in [0, 0.05) is 6.04 Å². The summed E-state index contributed by atoms with van der Waals surface area (Å²) in [7, 11) is 0. The first kappa shape index (κ1) is 10.3. The molecule has 0 radical (unpaired) electrons. The van der Waals surface area contributed by atoms with E-state index in [1.165, 1.54) is 11.1 Å². The second-order valence-electron chi connectivity index (χ2n) is 4.66. The fourth-order valence-electron chi connectivity index (χ4n) is 1.29. The summed E-state index contributed by atoms with van der Waals surface area (Å²) in [6.07, 6.45) is 0. The molecule has 0 fully saturated rings. The van der Waals surface area contributed by atoms with Crippen molar-refractivity contribution in [1.29, 1.82) is 0 Å². The van der Waals surface area contributed by atoms with Crippen LogP contribution in [0.3, 0.4) is 0 Å². The van der Waals surface area contributed by atoms with E-state index in [4.69, 9.17) is 5.73 Å². The number of hydrogen-bond donors (Lipinski definition) is 1. The number of nitrogens with two attached hydrogens (primary N) is 1. The van der Waals surface area contributed by atoms with E-state index in [1.54, 1.807) is 0 Å². The van der Waals surface area contributed by atoms with Gasteiger partial charge in [0.05, 0.1) is 0 Å². The van der Waals surface area contributed by atoms with E-state index < -0.39 is 0 Å². The molecule has 0 spiro atoms. The third-order valence-electron chi connectivity index (χ3n) is 2.30. The van der Waals surface area contributed by atoms with Crippen LogP contribution in [0.1, 0.15) is 44.9 Å². The van der Waals surface area contributed by atoms with Gasteiger partial charge in [0.1, 0.15) is 0 Å². The van der Waals surface area contributed by atoms with E-state index in [9.17, 15) is 0 Å². The highest BCUT2D eigenvalue weighted by atomic mass is 14.6. The van der Waals surface area contributed by atoms with Crippen LogP contribution >= 0.6 is 0 Å². The Bertz CT molecular complexity index is 264. The Morgan fingerprint density at radius 1 is 1.08 bits per heavy atom. The molecule has 0 unspecified atom stereocenters. The Balaban J connectivity index is 2.94. The highest BCUT2D eigenvalue weighted by Crippen LogP contribution is 2.23. The first-order chi connectivity index (χ1) is 5.91. The van der Waals surface area contributed by atoms with Crippen molar-refractivity contribution < 1.29 is 0 Å². The van der Waals surface area contributed by atoms with Crippen LogP contribution in [-0.4, -0.2) is 0 Å². The van der Waals surface area contributed by atoms with Crippen molar-refractivity contribution in [2.75, 3.05) is 0 Å². The lowest BCUT2D eigenvalue weighted by Gasteiger charge is -2.19. The highest BCUT2D eigenvalue weighted by Gasteiger charge is 2.12. The Kier molecular flexibility index (Phi) is 2.77. The lowest BCUT2D eigenvalue weighted by atomic mass is 9.86. The summed E-state index contributed by atoms with van der Waals surface area (Å²) < 4.78 is 0. The molecule has 0 saturated heterocycles. The van der Waals surface area contributed by atoms with Crippen LogP contribution in [0.25, 0.3) is 0 Å². The molecule has 0 bridgehead atoms. The lowest BCUT2D eigenvalue weighted by molar-refractivity contribution is 0.589. The second kappa shape index (κ2) is 3.51. The van der Waals surface area contributed by atoms with Gasteiger partial charge in [-0.1, -0.05) is 45.0 Å². The van der Waals surface area contributed by atoms with Crippen molar-refractivity contribution in [2.45, 2.75) is 39.2 Å². The molecule has 0 aliphatic carbocycles. The van der Waals surface area contributed by atoms with Crippen LogP contribution < -0.4 is 5.73 Å². The molecule has 1 heteroatoms. The zero-order valence-corrected chi connectivity index (χ0v) is 8.96. The summed E-state index contributed by atoms with van der Waals surface area (Å²) in [5.74, 6) is 0. The van der Waals surface area contributed by atoms with E-state index in [0.29, 0.717) is 0 Å². The van der Waals surface area contributed by atoms with E-state index >= 15 is 0 Å². The van der Waals surface area contributed by atoms with Gasteiger partial charge in [-0.2, -0.15) is 0 Å². The van der Waals surface area contributed by atoms with E-state index in [-0.39, 0.29) is 11.5 Å². The first-order valence-electron chi connectivity index (χ1n) is 4.77. The second-order valence-corrected chi connectivity index (χ2v) is 4.66. The maximum Gasteiger partial charge on any atom is 0.0266 e. The van der Waals surface area contributed by atoms with Gasteiger partial charge in [-0.15, -0.1) is 0 Å². The Labute approximate surface area is 81.0 Å². The molecule has 0 aliphatic rings. The van der Waals surface area contributed by atoms with Crippen LogP contribution in [0.5, 0.6) is 0 Å². The van der Waals surface area contributed by atoms with Crippen molar-refractivity contribution >= 4 is 0 Å². The molecule has 0 heterocycles. The fraction of sp³-hybridized carbons (Fsp3) is 0.500. The smallest absolute Gasteiger partial charge is 0.0266 e. The minimum atomic E-state index is 0.133. The molecule has 0 aliphatic heterocycles. The van der Waals surface area contributed by atoms with Crippen LogP contribution in [-0.2, 0) is 5.41 Å². The van der Waals surface area contributed by atoms with E-state index in [0.717, 1.165) is 0 Å². The van der Waals surface area contributed by atoms with Gasteiger partial charge in [-0.05, 0) is 23.5 Å². The minimum absolute atomic E-state index is 0.133. The third-order valence-corrected chi connectivity index (χ3v) is 2.30. The molecule has 1 atom stereocenters. The zero-order chi connectivity index (χ0) is 10.1. The average Bonchev–Trinajstić information content (AvgIpc) is 2.03. The van der Waals surface area contributed by atoms with Gasteiger partial charge >= 0.3 is 0 Å². The molecular formula is C12H19N. The zero-order valence-electron chi connectivity index (χ0n) is 8.96. The fourth-order valence-corrected chi connectivity index (χ4v) is 1.29. The van der Waals surface area contributed by atoms with Gasteiger partial charge in [0.25, 0.3) is 0 Å². The van der Waals surface area contributed by atoms with Crippen LogP contribution in [0.15, 0.2) is 24.3 Å². The van der Waals surface area contributed by atoms with Gasteiger partial charge in [0.2, 0.25) is 0 Å². The summed E-state index contributed by atoms with van der Waals surface area (Å²) in [6, 6.07) is 8.70. The van der Waals surface area contributed by atoms with Crippen molar-refractivity contribution in [2.24, 2.45) is 5.73 Å². The summed E-state index contributed by atoms with van der Waals surface area (Å²) >= 11 is 0. The molecular weight excluding hydrogens is 158 g/mol. The van der Waals surface area contributed by atoms with Crippen LogP contribution in [0.4, 0.5) is 0 Å². The van der Waals surface area contributed by atoms with Crippen molar-refractivity contribution in [3.05, 3.63) is 35.4 Å². The molecule has 1 rings (SSSR count). The Morgan fingerprint density at radius 2 is 1.54 bits per heavy atom.